The van der Waals surface area contributed by atoms with Crippen LogP contribution in [-0.2, 0) is 6.18 Å². The average Bonchev–Trinajstić information content (AvgIpc) is 2.84. The van der Waals surface area contributed by atoms with Crippen LogP contribution in [0.4, 0.5) is 13.2 Å². The number of alkyl halides is 3. The third-order valence-corrected chi connectivity index (χ3v) is 3.48. The van der Waals surface area contributed by atoms with E-state index in [0.717, 1.165) is 38.0 Å². The molecule has 1 unspecified atom stereocenters. The summed E-state index contributed by atoms with van der Waals surface area (Å²) in [4.78, 5) is 0. The summed E-state index contributed by atoms with van der Waals surface area (Å²) in [7, 11) is 0. The van der Waals surface area contributed by atoms with Crippen molar-refractivity contribution in [3.05, 3.63) is 35.4 Å². The summed E-state index contributed by atoms with van der Waals surface area (Å²) in [6.45, 7) is 4.87. The zero-order valence-corrected chi connectivity index (χ0v) is 11.0. The van der Waals surface area contributed by atoms with Gasteiger partial charge in [-0.1, -0.05) is 19.1 Å². The molecule has 1 atom stereocenters. The molecule has 1 aliphatic rings. The molecule has 0 spiro atoms. The van der Waals surface area contributed by atoms with Gasteiger partial charge < -0.3 is 0 Å². The summed E-state index contributed by atoms with van der Waals surface area (Å²) in [5.41, 5.74) is 3.74. The number of nitrogens with one attached hydrogen (secondary N) is 1. The highest BCUT2D eigenvalue weighted by Crippen LogP contribution is 2.32. The number of hydrazine groups is 1. The molecule has 2 nitrogen and oxygen atoms in total. The van der Waals surface area contributed by atoms with E-state index in [1.807, 2.05) is 0 Å². The maximum Gasteiger partial charge on any atom is 0.416 e. The van der Waals surface area contributed by atoms with Gasteiger partial charge in [-0.15, -0.1) is 0 Å². The van der Waals surface area contributed by atoms with Gasteiger partial charge in [-0.05, 0) is 36.5 Å². The Morgan fingerprint density at radius 2 is 1.95 bits per heavy atom. The largest absolute Gasteiger partial charge is 0.416 e. The van der Waals surface area contributed by atoms with Gasteiger partial charge in [-0.3, -0.25) is 5.43 Å². The Kier molecular flexibility index (Phi) is 4.47. The molecule has 0 aromatic heterocycles. The molecule has 1 N–H and O–H groups in total. The summed E-state index contributed by atoms with van der Waals surface area (Å²) < 4.78 is 37.4. The first kappa shape index (κ1) is 14.3. The van der Waals surface area contributed by atoms with Gasteiger partial charge in [-0.25, -0.2) is 5.01 Å². The first-order valence-electron chi connectivity index (χ1n) is 6.66. The van der Waals surface area contributed by atoms with E-state index in [1.165, 1.54) is 12.1 Å². The van der Waals surface area contributed by atoms with E-state index in [2.05, 4.69) is 17.4 Å². The quantitative estimate of drug-likeness (QED) is 0.903. The Labute approximate surface area is 111 Å². The fraction of sp³-hybridized carbons (Fsp3) is 0.571. The first-order chi connectivity index (χ1) is 9.00. The SMILES string of the molecule is CCCNN1CCC(c2ccc(C(F)(F)F)cc2)C1. The van der Waals surface area contributed by atoms with E-state index in [0.29, 0.717) is 5.92 Å². The van der Waals surface area contributed by atoms with E-state index in [-0.39, 0.29) is 0 Å². The molecule has 0 radical (unpaired) electrons. The van der Waals surface area contributed by atoms with E-state index in [9.17, 15) is 13.2 Å². The smallest absolute Gasteiger partial charge is 0.255 e. The van der Waals surface area contributed by atoms with E-state index in [1.54, 1.807) is 12.1 Å². The predicted molar refractivity (Wildman–Crippen MR) is 68.7 cm³/mol. The van der Waals surface area contributed by atoms with Gasteiger partial charge in [0, 0.05) is 19.6 Å². The van der Waals surface area contributed by atoms with Crippen molar-refractivity contribution < 1.29 is 13.2 Å². The first-order valence-corrected chi connectivity index (χ1v) is 6.66. The Balaban J connectivity index is 1.96. The minimum Gasteiger partial charge on any atom is -0.255 e. The van der Waals surface area contributed by atoms with Gasteiger partial charge in [0.05, 0.1) is 5.56 Å². The summed E-state index contributed by atoms with van der Waals surface area (Å²) >= 11 is 0. The molecule has 19 heavy (non-hydrogen) atoms. The van der Waals surface area contributed by atoms with E-state index in [4.69, 9.17) is 0 Å². The molecule has 1 aromatic carbocycles. The molecular weight excluding hydrogens is 253 g/mol. The summed E-state index contributed by atoms with van der Waals surface area (Å²) in [6, 6.07) is 5.57. The summed E-state index contributed by atoms with van der Waals surface area (Å²) in [6.07, 6.45) is -2.19. The second-order valence-electron chi connectivity index (χ2n) is 4.96. The number of halogens is 3. The second-order valence-corrected chi connectivity index (χ2v) is 4.96. The zero-order chi connectivity index (χ0) is 13.9. The maximum absolute atomic E-state index is 12.5. The topological polar surface area (TPSA) is 15.3 Å². The molecule has 1 aromatic rings. The zero-order valence-electron chi connectivity index (χ0n) is 11.0. The highest BCUT2D eigenvalue weighted by molar-refractivity contribution is 5.27. The third-order valence-electron chi connectivity index (χ3n) is 3.48. The van der Waals surface area contributed by atoms with E-state index < -0.39 is 11.7 Å². The molecule has 1 fully saturated rings. The number of nitrogens with zero attached hydrogens (tertiary/aromatic N) is 1. The van der Waals surface area contributed by atoms with Crippen LogP contribution in [0.25, 0.3) is 0 Å². The number of benzene rings is 1. The minimum atomic E-state index is -4.25. The molecule has 0 amide bonds. The molecule has 106 valence electrons. The van der Waals surface area contributed by atoms with Crippen LogP contribution in [0.2, 0.25) is 0 Å². The Morgan fingerprint density at radius 3 is 2.53 bits per heavy atom. The van der Waals surface area contributed by atoms with Gasteiger partial charge >= 0.3 is 6.18 Å². The lowest BCUT2D eigenvalue weighted by Gasteiger charge is -2.17. The highest BCUT2D eigenvalue weighted by atomic mass is 19.4. The van der Waals surface area contributed by atoms with Crippen LogP contribution in [0.3, 0.4) is 0 Å². The van der Waals surface area contributed by atoms with E-state index >= 15 is 0 Å². The summed E-state index contributed by atoms with van der Waals surface area (Å²) in [5, 5.41) is 2.16. The predicted octanol–water partition coefficient (Wildman–Crippen LogP) is 3.41. The van der Waals surface area contributed by atoms with Crippen molar-refractivity contribution in [1.29, 1.82) is 0 Å². The van der Waals surface area contributed by atoms with Crippen molar-refractivity contribution >= 4 is 0 Å². The van der Waals surface area contributed by atoms with Crippen LogP contribution in [0, 0.1) is 0 Å². The average molecular weight is 272 g/mol. The number of rotatable bonds is 4. The van der Waals surface area contributed by atoms with Crippen LogP contribution >= 0.6 is 0 Å². The van der Waals surface area contributed by atoms with Crippen molar-refractivity contribution in [2.24, 2.45) is 0 Å². The molecule has 0 bridgehead atoms. The van der Waals surface area contributed by atoms with Crippen molar-refractivity contribution in [3.63, 3.8) is 0 Å². The van der Waals surface area contributed by atoms with Crippen LogP contribution in [-0.4, -0.2) is 24.6 Å². The number of hydrogen-bond donors (Lipinski definition) is 1. The molecule has 1 saturated heterocycles. The lowest BCUT2D eigenvalue weighted by Crippen LogP contribution is -2.36. The molecule has 0 saturated carbocycles. The van der Waals surface area contributed by atoms with Crippen LogP contribution in [0.15, 0.2) is 24.3 Å². The Hall–Kier alpha value is -1.07. The van der Waals surface area contributed by atoms with Crippen molar-refractivity contribution in [2.45, 2.75) is 31.9 Å². The second kappa shape index (κ2) is 5.92. The fourth-order valence-electron chi connectivity index (χ4n) is 2.39. The van der Waals surface area contributed by atoms with Gasteiger partial charge in [0.2, 0.25) is 0 Å². The summed E-state index contributed by atoms with van der Waals surface area (Å²) in [5.74, 6) is 0.326. The highest BCUT2D eigenvalue weighted by Gasteiger charge is 2.31. The van der Waals surface area contributed by atoms with Crippen molar-refractivity contribution in [2.75, 3.05) is 19.6 Å². The van der Waals surface area contributed by atoms with Crippen LogP contribution in [0.1, 0.15) is 36.8 Å². The van der Waals surface area contributed by atoms with Crippen LogP contribution < -0.4 is 5.43 Å². The van der Waals surface area contributed by atoms with Gasteiger partial charge in [0.15, 0.2) is 0 Å². The molecule has 5 heteroatoms. The lowest BCUT2D eigenvalue weighted by atomic mass is 9.97. The maximum atomic E-state index is 12.5. The Bertz CT molecular complexity index is 400. The van der Waals surface area contributed by atoms with Crippen LogP contribution in [0.5, 0.6) is 0 Å². The molecule has 1 heterocycles. The molecule has 0 aliphatic carbocycles. The van der Waals surface area contributed by atoms with Gasteiger partial charge in [0.1, 0.15) is 0 Å². The van der Waals surface area contributed by atoms with Gasteiger partial charge in [0.25, 0.3) is 0 Å². The molecule has 1 aliphatic heterocycles. The standard InChI is InChI=1S/C14H19F3N2/c1-2-8-18-19-9-7-12(10-19)11-3-5-13(6-4-11)14(15,16)17/h3-6,12,18H,2,7-10H2,1H3. The van der Waals surface area contributed by atoms with Gasteiger partial charge in [-0.2, -0.15) is 13.2 Å². The minimum absolute atomic E-state index is 0.326. The lowest BCUT2D eigenvalue weighted by molar-refractivity contribution is -0.137. The fourth-order valence-corrected chi connectivity index (χ4v) is 2.39. The molecular formula is C14H19F3N2. The normalized spacial score (nSPS) is 20.9. The third kappa shape index (κ3) is 3.70. The van der Waals surface area contributed by atoms with Crippen molar-refractivity contribution in [3.8, 4) is 0 Å². The van der Waals surface area contributed by atoms with Crippen molar-refractivity contribution in [1.82, 2.24) is 10.4 Å². The number of hydrogen-bond acceptors (Lipinski definition) is 2. The molecule has 2 rings (SSSR count). The monoisotopic (exact) mass is 272 g/mol. The Morgan fingerprint density at radius 1 is 1.26 bits per heavy atom.